The third-order valence-electron chi connectivity index (χ3n) is 4.09. The van der Waals surface area contributed by atoms with E-state index >= 15 is 0 Å². The van der Waals surface area contributed by atoms with E-state index in [0.717, 1.165) is 25.7 Å². The summed E-state index contributed by atoms with van der Waals surface area (Å²) in [4.78, 5) is 24.2. The summed E-state index contributed by atoms with van der Waals surface area (Å²) < 4.78 is 0. The first kappa shape index (κ1) is 18.0. The summed E-state index contributed by atoms with van der Waals surface area (Å²) in [5.41, 5.74) is 5.23. The Bertz CT molecular complexity index is 353. The zero-order valence-electron chi connectivity index (χ0n) is 13.8. The molecule has 5 heteroatoms. The normalized spacial score (nSPS) is 18.7. The predicted molar refractivity (Wildman–Crippen MR) is 84.7 cm³/mol. The molecule has 0 unspecified atom stereocenters. The zero-order valence-corrected chi connectivity index (χ0v) is 13.8. The van der Waals surface area contributed by atoms with Crippen molar-refractivity contribution in [3.05, 3.63) is 0 Å². The summed E-state index contributed by atoms with van der Waals surface area (Å²) in [6.07, 6.45) is 6.53. The molecular formula is C16H31N3O2. The van der Waals surface area contributed by atoms with Crippen molar-refractivity contribution >= 4 is 11.8 Å². The Morgan fingerprint density at radius 3 is 2.14 bits per heavy atom. The SMILES string of the molecule is CC(C)(C)NC(=O)CCNC(=O)C1(CN)CCCCCC1. The van der Waals surface area contributed by atoms with Gasteiger partial charge in [0.05, 0.1) is 5.41 Å². The fourth-order valence-corrected chi connectivity index (χ4v) is 2.89. The first-order valence-corrected chi connectivity index (χ1v) is 8.08. The molecule has 1 fully saturated rings. The van der Waals surface area contributed by atoms with Gasteiger partial charge in [0, 0.05) is 25.0 Å². The lowest BCUT2D eigenvalue weighted by Gasteiger charge is -2.30. The highest BCUT2D eigenvalue weighted by molar-refractivity contribution is 5.84. The molecule has 122 valence electrons. The molecule has 0 aromatic rings. The van der Waals surface area contributed by atoms with Gasteiger partial charge in [0.1, 0.15) is 0 Å². The van der Waals surface area contributed by atoms with Gasteiger partial charge in [-0.2, -0.15) is 0 Å². The van der Waals surface area contributed by atoms with Crippen molar-refractivity contribution in [2.24, 2.45) is 11.1 Å². The maximum absolute atomic E-state index is 12.4. The average molecular weight is 297 g/mol. The lowest BCUT2D eigenvalue weighted by atomic mass is 9.79. The van der Waals surface area contributed by atoms with Gasteiger partial charge in [0.2, 0.25) is 11.8 Å². The topological polar surface area (TPSA) is 84.2 Å². The number of carbonyl (C=O) groups excluding carboxylic acids is 2. The second-order valence-electron chi connectivity index (χ2n) is 7.20. The van der Waals surface area contributed by atoms with Crippen molar-refractivity contribution in [3.8, 4) is 0 Å². The van der Waals surface area contributed by atoms with E-state index in [0.29, 0.717) is 19.5 Å². The monoisotopic (exact) mass is 297 g/mol. The van der Waals surface area contributed by atoms with Crippen LogP contribution in [0.25, 0.3) is 0 Å². The van der Waals surface area contributed by atoms with Crippen molar-refractivity contribution in [1.29, 1.82) is 0 Å². The zero-order chi connectivity index (χ0) is 15.9. The Labute approximate surface area is 128 Å². The molecule has 1 aliphatic rings. The summed E-state index contributed by atoms with van der Waals surface area (Å²) in [6.45, 7) is 6.60. The highest BCUT2D eigenvalue weighted by Gasteiger charge is 2.36. The Kier molecular flexibility index (Phi) is 6.65. The summed E-state index contributed by atoms with van der Waals surface area (Å²) in [6, 6.07) is 0. The molecule has 0 atom stereocenters. The van der Waals surface area contributed by atoms with Crippen LogP contribution in [0.5, 0.6) is 0 Å². The molecule has 1 saturated carbocycles. The van der Waals surface area contributed by atoms with E-state index in [-0.39, 0.29) is 17.4 Å². The van der Waals surface area contributed by atoms with Crippen molar-refractivity contribution < 1.29 is 9.59 Å². The molecule has 1 rings (SSSR count). The number of amides is 2. The summed E-state index contributed by atoms with van der Waals surface area (Å²) in [5, 5.41) is 5.80. The van der Waals surface area contributed by atoms with Crippen molar-refractivity contribution in [1.82, 2.24) is 10.6 Å². The minimum absolute atomic E-state index is 0.0236. The lowest BCUT2D eigenvalue weighted by Crippen LogP contribution is -2.47. The Balaban J connectivity index is 2.42. The van der Waals surface area contributed by atoms with Crippen LogP contribution in [0.4, 0.5) is 0 Å². The van der Waals surface area contributed by atoms with Crippen molar-refractivity contribution in [2.75, 3.05) is 13.1 Å². The second-order valence-corrected chi connectivity index (χ2v) is 7.20. The predicted octanol–water partition coefficient (Wildman–Crippen LogP) is 1.71. The minimum atomic E-state index is -0.420. The van der Waals surface area contributed by atoms with Crippen LogP contribution < -0.4 is 16.4 Å². The van der Waals surface area contributed by atoms with Gasteiger partial charge in [-0.3, -0.25) is 9.59 Å². The van der Waals surface area contributed by atoms with Crippen molar-refractivity contribution in [3.63, 3.8) is 0 Å². The molecule has 2 amide bonds. The van der Waals surface area contributed by atoms with Crippen LogP contribution in [0.1, 0.15) is 65.7 Å². The molecule has 0 radical (unpaired) electrons. The van der Waals surface area contributed by atoms with E-state index < -0.39 is 5.41 Å². The quantitative estimate of drug-likeness (QED) is 0.675. The number of hydrogen-bond acceptors (Lipinski definition) is 3. The Hall–Kier alpha value is -1.10. The fraction of sp³-hybridized carbons (Fsp3) is 0.875. The van der Waals surface area contributed by atoms with Gasteiger partial charge in [0.15, 0.2) is 0 Å². The lowest BCUT2D eigenvalue weighted by molar-refractivity contribution is -0.131. The first-order valence-electron chi connectivity index (χ1n) is 8.08. The summed E-state index contributed by atoms with van der Waals surface area (Å²) >= 11 is 0. The third kappa shape index (κ3) is 6.04. The minimum Gasteiger partial charge on any atom is -0.355 e. The molecule has 0 bridgehead atoms. The van der Waals surface area contributed by atoms with E-state index in [1.165, 1.54) is 12.8 Å². The fourth-order valence-electron chi connectivity index (χ4n) is 2.89. The first-order chi connectivity index (χ1) is 9.79. The highest BCUT2D eigenvalue weighted by Crippen LogP contribution is 2.34. The third-order valence-corrected chi connectivity index (χ3v) is 4.09. The van der Waals surface area contributed by atoms with Gasteiger partial charge in [0.25, 0.3) is 0 Å². The van der Waals surface area contributed by atoms with E-state index in [1.54, 1.807) is 0 Å². The standard InChI is InChI=1S/C16H31N3O2/c1-15(2,3)19-13(20)8-11-18-14(21)16(12-17)9-6-4-5-7-10-16/h4-12,17H2,1-3H3,(H,18,21)(H,19,20). The number of rotatable bonds is 5. The van der Waals surface area contributed by atoms with Gasteiger partial charge >= 0.3 is 0 Å². The molecule has 0 spiro atoms. The van der Waals surface area contributed by atoms with Gasteiger partial charge in [-0.15, -0.1) is 0 Å². The Morgan fingerprint density at radius 2 is 1.67 bits per heavy atom. The van der Waals surface area contributed by atoms with Gasteiger partial charge in [-0.25, -0.2) is 0 Å². The van der Waals surface area contributed by atoms with E-state index in [4.69, 9.17) is 5.73 Å². The van der Waals surface area contributed by atoms with Gasteiger partial charge in [-0.1, -0.05) is 25.7 Å². The Morgan fingerprint density at radius 1 is 1.10 bits per heavy atom. The molecule has 4 N–H and O–H groups in total. The number of nitrogens with two attached hydrogens (primary N) is 1. The van der Waals surface area contributed by atoms with Crippen molar-refractivity contribution in [2.45, 2.75) is 71.3 Å². The van der Waals surface area contributed by atoms with Crippen LogP contribution in [-0.2, 0) is 9.59 Å². The van der Waals surface area contributed by atoms with E-state index in [1.807, 2.05) is 20.8 Å². The van der Waals surface area contributed by atoms with Gasteiger partial charge in [-0.05, 0) is 33.6 Å². The molecule has 1 aliphatic carbocycles. The highest BCUT2D eigenvalue weighted by atomic mass is 16.2. The van der Waals surface area contributed by atoms with E-state index in [9.17, 15) is 9.59 Å². The van der Waals surface area contributed by atoms with E-state index in [2.05, 4.69) is 10.6 Å². The number of hydrogen-bond donors (Lipinski definition) is 3. The second kappa shape index (κ2) is 7.78. The molecule has 0 saturated heterocycles. The molecule has 0 aromatic heterocycles. The maximum Gasteiger partial charge on any atom is 0.227 e. The average Bonchev–Trinajstić information content (AvgIpc) is 2.62. The summed E-state index contributed by atoms with van der Waals surface area (Å²) in [5.74, 6) is -0.0130. The van der Waals surface area contributed by atoms with Crippen LogP contribution in [0, 0.1) is 5.41 Å². The molecule has 21 heavy (non-hydrogen) atoms. The number of carbonyl (C=O) groups is 2. The van der Waals surface area contributed by atoms with Crippen LogP contribution in [-0.4, -0.2) is 30.4 Å². The van der Waals surface area contributed by atoms with Crippen LogP contribution in [0.3, 0.4) is 0 Å². The number of nitrogens with one attached hydrogen (secondary N) is 2. The van der Waals surface area contributed by atoms with Crippen LogP contribution in [0.15, 0.2) is 0 Å². The smallest absolute Gasteiger partial charge is 0.227 e. The molecule has 0 heterocycles. The maximum atomic E-state index is 12.4. The van der Waals surface area contributed by atoms with Gasteiger partial charge < -0.3 is 16.4 Å². The largest absolute Gasteiger partial charge is 0.355 e. The van der Waals surface area contributed by atoms with Crippen LogP contribution in [0.2, 0.25) is 0 Å². The molecule has 0 aliphatic heterocycles. The van der Waals surface area contributed by atoms with Crippen LogP contribution >= 0.6 is 0 Å². The molecule has 0 aromatic carbocycles. The molecule has 5 nitrogen and oxygen atoms in total. The summed E-state index contributed by atoms with van der Waals surface area (Å²) in [7, 11) is 0. The molecular weight excluding hydrogens is 266 g/mol.